The Hall–Kier alpha value is -1.68. The van der Waals surface area contributed by atoms with Crippen LogP contribution < -0.4 is 0 Å². The molecule has 0 atom stereocenters. The summed E-state index contributed by atoms with van der Waals surface area (Å²) in [5.41, 5.74) is 0.151. The molecule has 0 spiro atoms. The minimum Gasteiger partial charge on any atom is -0.354 e. The zero-order valence-electron chi connectivity index (χ0n) is 7.41. The fourth-order valence-electron chi connectivity index (χ4n) is 1.18. The normalized spacial score (nSPS) is 10.3. The van der Waals surface area contributed by atoms with Gasteiger partial charge in [-0.05, 0) is 12.1 Å². The first-order valence-electron chi connectivity index (χ1n) is 4.09. The van der Waals surface area contributed by atoms with E-state index in [4.69, 9.17) is 16.1 Å². The van der Waals surface area contributed by atoms with Gasteiger partial charge in [-0.3, -0.25) is 4.79 Å². The topological polar surface area (TPSA) is 43.1 Å². The average Bonchev–Trinajstić information content (AvgIpc) is 2.60. The summed E-state index contributed by atoms with van der Waals surface area (Å²) < 4.78 is 18.1. The van der Waals surface area contributed by atoms with E-state index in [1.165, 1.54) is 12.1 Å². The molecule has 0 bridgehead atoms. The van der Waals surface area contributed by atoms with E-state index < -0.39 is 5.82 Å². The molecule has 3 nitrogen and oxygen atoms in total. The first-order valence-corrected chi connectivity index (χ1v) is 4.47. The van der Waals surface area contributed by atoms with E-state index in [-0.39, 0.29) is 22.0 Å². The van der Waals surface area contributed by atoms with Crippen molar-refractivity contribution < 1.29 is 13.7 Å². The minimum absolute atomic E-state index is 0.0232. The molecule has 5 heteroatoms. The summed E-state index contributed by atoms with van der Waals surface area (Å²) in [5.74, 6) is -0.412. The molecule has 1 heterocycles. The molecule has 1 aromatic carbocycles. The molecule has 0 aliphatic rings. The number of aldehydes is 1. The van der Waals surface area contributed by atoms with Gasteiger partial charge in [0.2, 0.25) is 0 Å². The highest BCUT2D eigenvalue weighted by Crippen LogP contribution is 2.31. The molecule has 2 rings (SSSR count). The molecule has 1 aromatic heterocycles. The van der Waals surface area contributed by atoms with Crippen LogP contribution in [0, 0.1) is 5.82 Å². The summed E-state index contributed by atoms with van der Waals surface area (Å²) in [7, 11) is 0. The summed E-state index contributed by atoms with van der Waals surface area (Å²) in [5, 5.41) is 3.43. The summed E-state index contributed by atoms with van der Waals surface area (Å²) in [6.45, 7) is 0. The molecule has 0 saturated heterocycles. The van der Waals surface area contributed by atoms with Crippen LogP contribution in [0.25, 0.3) is 11.3 Å². The Morgan fingerprint density at radius 2 is 2.13 bits per heavy atom. The highest BCUT2D eigenvalue weighted by molar-refractivity contribution is 6.35. The number of nitrogens with zero attached hydrogens (tertiary/aromatic N) is 1. The van der Waals surface area contributed by atoms with Crippen LogP contribution in [-0.4, -0.2) is 11.4 Å². The van der Waals surface area contributed by atoms with Crippen molar-refractivity contribution in [2.24, 2.45) is 0 Å². The van der Waals surface area contributed by atoms with Gasteiger partial charge >= 0.3 is 0 Å². The molecule has 0 N–H and O–H groups in total. The fourth-order valence-corrected chi connectivity index (χ4v) is 1.39. The smallest absolute Gasteiger partial charge is 0.189 e. The van der Waals surface area contributed by atoms with E-state index in [1.54, 1.807) is 12.1 Å². The van der Waals surface area contributed by atoms with Gasteiger partial charge in [0.05, 0.1) is 5.56 Å². The second kappa shape index (κ2) is 3.82. The Balaban J connectivity index is 2.59. The van der Waals surface area contributed by atoms with Crippen LogP contribution in [0.3, 0.4) is 0 Å². The lowest BCUT2D eigenvalue weighted by molar-refractivity contribution is 0.111. The Labute approximate surface area is 89.4 Å². The van der Waals surface area contributed by atoms with Gasteiger partial charge in [0.15, 0.2) is 17.7 Å². The highest BCUT2D eigenvalue weighted by Gasteiger charge is 2.17. The summed E-state index contributed by atoms with van der Waals surface area (Å²) >= 11 is 5.78. The SMILES string of the molecule is O=Cc1noc(-c2ccccc2F)c1Cl. The molecule has 0 radical (unpaired) electrons. The largest absolute Gasteiger partial charge is 0.354 e. The third-order valence-electron chi connectivity index (χ3n) is 1.89. The first kappa shape index (κ1) is 9.86. The number of rotatable bonds is 2. The van der Waals surface area contributed by atoms with Crippen LogP contribution in [0.15, 0.2) is 28.8 Å². The fraction of sp³-hybridized carbons (Fsp3) is 0. The third-order valence-corrected chi connectivity index (χ3v) is 2.25. The predicted octanol–water partition coefficient (Wildman–Crippen LogP) is 2.95. The van der Waals surface area contributed by atoms with Crippen molar-refractivity contribution >= 4 is 17.9 Å². The second-order valence-corrected chi connectivity index (χ2v) is 3.19. The maximum Gasteiger partial charge on any atom is 0.189 e. The van der Waals surface area contributed by atoms with Crippen LogP contribution in [0.4, 0.5) is 4.39 Å². The number of hydrogen-bond acceptors (Lipinski definition) is 3. The summed E-state index contributed by atoms with van der Waals surface area (Å²) in [6, 6.07) is 5.95. The maximum atomic E-state index is 13.3. The van der Waals surface area contributed by atoms with E-state index in [2.05, 4.69) is 5.16 Å². The summed E-state index contributed by atoms with van der Waals surface area (Å²) in [4.78, 5) is 10.5. The van der Waals surface area contributed by atoms with Crippen molar-refractivity contribution in [3.63, 3.8) is 0 Å². The second-order valence-electron chi connectivity index (χ2n) is 2.81. The van der Waals surface area contributed by atoms with Crippen molar-refractivity contribution in [1.82, 2.24) is 5.16 Å². The van der Waals surface area contributed by atoms with Crippen molar-refractivity contribution in [3.05, 3.63) is 40.8 Å². The van der Waals surface area contributed by atoms with Crippen LogP contribution >= 0.6 is 11.6 Å². The number of carbonyl (C=O) groups is 1. The predicted molar refractivity (Wildman–Crippen MR) is 52.3 cm³/mol. The van der Waals surface area contributed by atoms with Crippen molar-refractivity contribution in [2.45, 2.75) is 0 Å². The van der Waals surface area contributed by atoms with Gasteiger partial charge in [-0.2, -0.15) is 0 Å². The molecule has 0 saturated carbocycles. The number of carbonyl (C=O) groups excluding carboxylic acids is 1. The third kappa shape index (κ3) is 1.64. The van der Waals surface area contributed by atoms with Crippen LogP contribution in [0.5, 0.6) is 0 Å². The molecule has 0 amide bonds. The molecular weight excluding hydrogens is 221 g/mol. The zero-order chi connectivity index (χ0) is 10.8. The Kier molecular flexibility index (Phi) is 2.51. The van der Waals surface area contributed by atoms with Crippen molar-refractivity contribution in [1.29, 1.82) is 0 Å². The van der Waals surface area contributed by atoms with Gasteiger partial charge in [0, 0.05) is 0 Å². The standard InChI is InChI=1S/C10H5ClFNO2/c11-9-8(5-14)13-15-10(9)6-3-1-2-4-7(6)12/h1-5H. The molecule has 0 aliphatic heterocycles. The van der Waals surface area contributed by atoms with Gasteiger partial charge in [0.1, 0.15) is 10.8 Å². The first-order chi connectivity index (χ1) is 7.24. The van der Waals surface area contributed by atoms with E-state index in [9.17, 15) is 9.18 Å². The van der Waals surface area contributed by atoms with Crippen LogP contribution in [-0.2, 0) is 0 Å². The maximum absolute atomic E-state index is 13.3. The monoisotopic (exact) mass is 225 g/mol. The van der Waals surface area contributed by atoms with E-state index >= 15 is 0 Å². The van der Waals surface area contributed by atoms with Gasteiger partial charge in [-0.15, -0.1) is 0 Å². The Bertz CT molecular complexity index is 510. The molecule has 2 aromatic rings. The Morgan fingerprint density at radius 3 is 2.73 bits per heavy atom. The Morgan fingerprint density at radius 1 is 1.40 bits per heavy atom. The molecule has 0 fully saturated rings. The van der Waals surface area contributed by atoms with Gasteiger partial charge in [0.25, 0.3) is 0 Å². The summed E-state index contributed by atoms with van der Waals surface area (Å²) in [6.07, 6.45) is 0.455. The van der Waals surface area contributed by atoms with Gasteiger partial charge in [-0.25, -0.2) is 4.39 Å². The molecule has 0 unspecified atom stereocenters. The number of hydrogen-bond donors (Lipinski definition) is 0. The molecular formula is C10H5ClFNO2. The van der Waals surface area contributed by atoms with Gasteiger partial charge < -0.3 is 4.52 Å². The van der Waals surface area contributed by atoms with E-state index in [0.29, 0.717) is 6.29 Å². The van der Waals surface area contributed by atoms with Gasteiger partial charge in [-0.1, -0.05) is 28.9 Å². The highest BCUT2D eigenvalue weighted by atomic mass is 35.5. The van der Waals surface area contributed by atoms with Crippen LogP contribution in [0.2, 0.25) is 5.02 Å². The number of halogens is 2. The molecule has 15 heavy (non-hydrogen) atoms. The lowest BCUT2D eigenvalue weighted by atomic mass is 10.1. The molecule has 76 valence electrons. The lowest BCUT2D eigenvalue weighted by Gasteiger charge is -1.97. The number of benzene rings is 1. The zero-order valence-corrected chi connectivity index (χ0v) is 8.16. The van der Waals surface area contributed by atoms with E-state index in [0.717, 1.165) is 0 Å². The lowest BCUT2D eigenvalue weighted by Crippen LogP contribution is -1.82. The van der Waals surface area contributed by atoms with Crippen LogP contribution in [0.1, 0.15) is 10.5 Å². The quantitative estimate of drug-likeness (QED) is 0.738. The van der Waals surface area contributed by atoms with Crippen molar-refractivity contribution in [3.8, 4) is 11.3 Å². The minimum atomic E-state index is -0.479. The number of aromatic nitrogens is 1. The van der Waals surface area contributed by atoms with Crippen molar-refractivity contribution in [2.75, 3.05) is 0 Å². The average molecular weight is 226 g/mol. The molecule has 0 aliphatic carbocycles. The van der Waals surface area contributed by atoms with E-state index in [1.807, 2.05) is 0 Å².